The molecule has 0 spiro atoms. The van der Waals surface area contributed by atoms with Crippen LogP contribution < -0.4 is 0 Å². The lowest BCUT2D eigenvalue weighted by Gasteiger charge is -2.03. The van der Waals surface area contributed by atoms with Crippen molar-refractivity contribution in [2.24, 2.45) is 0 Å². The molecule has 1 aromatic rings. The maximum atomic E-state index is 12.7. The highest BCUT2D eigenvalue weighted by Gasteiger charge is 2.16. The van der Waals surface area contributed by atoms with Crippen LogP contribution in [0.25, 0.3) is 6.08 Å². The van der Waals surface area contributed by atoms with Gasteiger partial charge in [-0.05, 0) is 6.08 Å². The van der Waals surface area contributed by atoms with Crippen molar-refractivity contribution >= 4 is 16.8 Å². The molecule has 0 saturated heterocycles. The summed E-state index contributed by atoms with van der Waals surface area (Å²) in [4.78, 5) is 0. The number of rotatable bonds is 1. The Hall–Kier alpha value is -1.10. The van der Waals surface area contributed by atoms with Gasteiger partial charge in [0.1, 0.15) is 11.6 Å². The van der Waals surface area contributed by atoms with Gasteiger partial charge in [-0.1, -0.05) is 0 Å². The summed E-state index contributed by atoms with van der Waals surface area (Å²) in [5.74, 6) is 0.316. The maximum absolute atomic E-state index is 12.7. The first kappa shape index (κ1) is 8.50. The average Bonchev–Trinajstić information content (AvgIpc) is 2.46. The molecule has 0 N–H and O–H groups in total. The minimum atomic E-state index is -2.71. The molecule has 0 aromatic carbocycles. The minimum absolute atomic E-state index is 0.0917. The molecule has 1 heterocycles. The van der Waals surface area contributed by atoms with Crippen molar-refractivity contribution in [3.8, 4) is 0 Å². The second kappa shape index (κ2) is 2.99. The van der Waals surface area contributed by atoms with E-state index in [1.807, 2.05) is 0 Å². The number of hydrogen-bond donors (Lipinski definition) is 1. The van der Waals surface area contributed by atoms with Gasteiger partial charge < -0.3 is 4.42 Å². The molecule has 0 saturated carbocycles. The molecule has 5 heteroatoms. The number of fused-ring (bicyclic) bond motifs is 1. The second-order valence-corrected chi connectivity index (χ2v) is 3.77. The lowest BCUT2D eigenvalue weighted by atomic mass is 10.1. The first-order valence-corrected chi connectivity index (χ1v) is 4.98. The topological polar surface area (TPSA) is 47.3 Å². The number of thiol groups is 1. The molecule has 0 aliphatic heterocycles. The Kier molecular flexibility index (Phi) is 1.95. The zero-order chi connectivity index (χ0) is 9.42. The van der Waals surface area contributed by atoms with Crippen molar-refractivity contribution in [2.75, 3.05) is 0 Å². The van der Waals surface area contributed by atoms with Gasteiger partial charge >= 0.3 is 0 Å². The van der Waals surface area contributed by atoms with Crippen molar-refractivity contribution in [2.45, 2.75) is 17.9 Å². The van der Waals surface area contributed by atoms with Gasteiger partial charge in [0.15, 0.2) is 0 Å². The molecule has 0 unspecified atom stereocenters. The molecule has 70 valence electrons. The van der Waals surface area contributed by atoms with Gasteiger partial charge in [-0.15, -0.1) is 0 Å². The number of halogens is 1. The summed E-state index contributed by atoms with van der Waals surface area (Å²) in [6.07, 6.45) is 2.03. The molecule has 0 atom stereocenters. The first-order valence-electron chi connectivity index (χ1n) is 3.80. The Balaban J connectivity index is 2.51. The largest absolute Gasteiger partial charge is 0.449 e. The number of furan rings is 1. The summed E-state index contributed by atoms with van der Waals surface area (Å²) in [6.45, 7) is 0. The summed E-state index contributed by atoms with van der Waals surface area (Å²) < 4.78 is 38.8. The highest BCUT2D eigenvalue weighted by Crippen LogP contribution is 2.27. The van der Waals surface area contributed by atoms with Crippen LogP contribution in [-0.4, -0.2) is 8.42 Å². The second-order valence-electron chi connectivity index (χ2n) is 2.81. The Labute approximate surface area is 75.8 Å². The van der Waals surface area contributed by atoms with Crippen LogP contribution in [0.3, 0.4) is 0 Å². The first-order chi connectivity index (χ1) is 6.16. The van der Waals surface area contributed by atoms with Crippen LogP contribution in [0, 0.1) is 0 Å². The van der Waals surface area contributed by atoms with Crippen molar-refractivity contribution in [3.05, 3.63) is 23.2 Å². The van der Waals surface area contributed by atoms with Gasteiger partial charge in [-0.25, -0.2) is 12.8 Å². The molecule has 13 heavy (non-hydrogen) atoms. The predicted octanol–water partition coefficient (Wildman–Crippen LogP) is 1.51. The van der Waals surface area contributed by atoms with Crippen LogP contribution >= 0.6 is 0 Å². The van der Waals surface area contributed by atoms with Crippen LogP contribution in [0.15, 0.2) is 21.4 Å². The standard InChI is InChI=1S/C8H7FO3S/c9-6-1-2-7-5(3-6)4-8(12-7)13(10)11/h3-4,13H,1-2H2. The van der Waals surface area contributed by atoms with Crippen LogP contribution in [0.1, 0.15) is 17.7 Å². The molecule has 1 aliphatic carbocycles. The van der Waals surface area contributed by atoms with Crippen LogP contribution in [-0.2, 0) is 17.1 Å². The fraction of sp³-hybridized carbons (Fsp3) is 0.250. The third-order valence-corrected chi connectivity index (χ3v) is 2.49. The summed E-state index contributed by atoms with van der Waals surface area (Å²) in [5.41, 5.74) is 0.540. The SMILES string of the molecule is O=[SH](=O)c1cc2c(o1)CCC(F)=C2. The highest BCUT2D eigenvalue weighted by atomic mass is 32.2. The van der Waals surface area contributed by atoms with E-state index in [0.717, 1.165) is 0 Å². The van der Waals surface area contributed by atoms with E-state index in [2.05, 4.69) is 0 Å². The van der Waals surface area contributed by atoms with Crippen molar-refractivity contribution in [1.29, 1.82) is 0 Å². The molecule has 2 rings (SSSR count). The van der Waals surface area contributed by atoms with Crippen LogP contribution in [0.4, 0.5) is 4.39 Å². The van der Waals surface area contributed by atoms with E-state index < -0.39 is 10.7 Å². The quantitative estimate of drug-likeness (QED) is 0.702. The van der Waals surface area contributed by atoms with E-state index in [1.54, 1.807) is 0 Å². The van der Waals surface area contributed by atoms with Gasteiger partial charge in [0.25, 0.3) is 0 Å². The number of allylic oxidation sites excluding steroid dienone is 1. The molecule has 1 aliphatic rings. The number of hydrogen-bond acceptors (Lipinski definition) is 3. The van der Waals surface area contributed by atoms with E-state index in [4.69, 9.17) is 4.42 Å². The van der Waals surface area contributed by atoms with E-state index in [0.29, 0.717) is 17.7 Å². The summed E-state index contributed by atoms with van der Waals surface area (Å²) in [7, 11) is -2.71. The molecule has 3 nitrogen and oxygen atoms in total. The molecular weight excluding hydrogens is 195 g/mol. The van der Waals surface area contributed by atoms with Gasteiger partial charge in [0.2, 0.25) is 15.8 Å². The predicted molar refractivity (Wildman–Crippen MR) is 44.7 cm³/mol. The Bertz CT molecular complexity index is 434. The zero-order valence-electron chi connectivity index (χ0n) is 6.62. The average molecular weight is 202 g/mol. The Morgan fingerprint density at radius 1 is 1.38 bits per heavy atom. The van der Waals surface area contributed by atoms with E-state index in [1.165, 1.54) is 12.1 Å². The van der Waals surface area contributed by atoms with Gasteiger partial charge in [-0.2, -0.15) is 0 Å². The van der Waals surface area contributed by atoms with E-state index >= 15 is 0 Å². The normalized spacial score (nSPS) is 15.7. The van der Waals surface area contributed by atoms with Gasteiger partial charge in [-0.3, -0.25) is 0 Å². The maximum Gasteiger partial charge on any atom is 0.216 e. The monoisotopic (exact) mass is 202 g/mol. The minimum Gasteiger partial charge on any atom is -0.449 e. The summed E-state index contributed by atoms with van der Waals surface area (Å²) >= 11 is 0. The molecular formula is C8H7FO3S. The third-order valence-electron chi connectivity index (χ3n) is 1.91. The fourth-order valence-electron chi connectivity index (χ4n) is 1.31. The Morgan fingerprint density at radius 2 is 2.15 bits per heavy atom. The highest BCUT2D eigenvalue weighted by molar-refractivity contribution is 7.72. The molecule has 0 fully saturated rings. The zero-order valence-corrected chi connectivity index (χ0v) is 7.51. The van der Waals surface area contributed by atoms with Crippen molar-refractivity contribution < 1.29 is 17.2 Å². The third kappa shape index (κ3) is 1.51. The lowest BCUT2D eigenvalue weighted by Crippen LogP contribution is -1.91. The van der Waals surface area contributed by atoms with Crippen LogP contribution in [0.5, 0.6) is 0 Å². The van der Waals surface area contributed by atoms with Gasteiger partial charge in [0, 0.05) is 24.5 Å². The molecule has 0 bridgehead atoms. The summed E-state index contributed by atoms with van der Waals surface area (Å²) in [5, 5.41) is -0.0917. The van der Waals surface area contributed by atoms with Crippen molar-refractivity contribution in [1.82, 2.24) is 0 Å². The van der Waals surface area contributed by atoms with E-state index in [-0.39, 0.29) is 17.3 Å². The number of aryl methyl sites for hydroxylation is 1. The summed E-state index contributed by atoms with van der Waals surface area (Å²) in [6, 6.07) is 1.35. The fourth-order valence-corrected chi connectivity index (χ4v) is 1.74. The van der Waals surface area contributed by atoms with E-state index in [9.17, 15) is 12.8 Å². The van der Waals surface area contributed by atoms with Crippen LogP contribution in [0.2, 0.25) is 0 Å². The molecule has 1 aromatic heterocycles. The molecule has 0 amide bonds. The lowest BCUT2D eigenvalue weighted by molar-refractivity contribution is 0.412. The smallest absolute Gasteiger partial charge is 0.216 e. The van der Waals surface area contributed by atoms with Crippen molar-refractivity contribution in [3.63, 3.8) is 0 Å². The molecule has 0 radical (unpaired) electrons. The Morgan fingerprint density at radius 3 is 2.85 bits per heavy atom. The van der Waals surface area contributed by atoms with Gasteiger partial charge in [0.05, 0.1) is 0 Å².